The molecule has 2 nitrogen and oxygen atoms in total. The van der Waals surface area contributed by atoms with Crippen LogP contribution in [0.1, 0.15) is 23.6 Å². The van der Waals surface area contributed by atoms with E-state index in [9.17, 15) is 4.39 Å². The van der Waals surface area contributed by atoms with E-state index in [-0.39, 0.29) is 10.8 Å². The summed E-state index contributed by atoms with van der Waals surface area (Å²) >= 11 is 5.67. The van der Waals surface area contributed by atoms with Crippen LogP contribution in [0, 0.1) is 5.82 Å². The van der Waals surface area contributed by atoms with Crippen LogP contribution in [0.5, 0.6) is 0 Å². The van der Waals surface area contributed by atoms with E-state index < -0.39 is 0 Å². The summed E-state index contributed by atoms with van der Waals surface area (Å²) in [7, 11) is 0. The van der Waals surface area contributed by atoms with Gasteiger partial charge in [0.25, 0.3) is 0 Å². The second-order valence-corrected chi connectivity index (χ2v) is 5.17. The average molecular weight is 308 g/mol. The van der Waals surface area contributed by atoms with Crippen molar-refractivity contribution in [2.75, 3.05) is 6.61 Å². The van der Waals surface area contributed by atoms with Gasteiger partial charge < -0.3 is 10.1 Å². The molecular formula is C17H19ClFNO. The second-order valence-electron chi connectivity index (χ2n) is 4.76. The highest BCUT2D eigenvalue weighted by molar-refractivity contribution is 6.30. The van der Waals surface area contributed by atoms with E-state index in [1.54, 1.807) is 6.07 Å². The molecule has 2 rings (SSSR count). The normalized spacial score (nSPS) is 10.8. The highest BCUT2D eigenvalue weighted by atomic mass is 35.5. The van der Waals surface area contributed by atoms with E-state index in [1.807, 2.05) is 25.1 Å². The van der Waals surface area contributed by atoms with Crippen LogP contribution in [-0.4, -0.2) is 6.61 Å². The fourth-order valence-corrected chi connectivity index (χ4v) is 2.19. The maximum atomic E-state index is 13.4. The molecule has 0 spiro atoms. The molecule has 0 amide bonds. The number of hydrogen-bond donors (Lipinski definition) is 1. The molecule has 0 atom stereocenters. The summed E-state index contributed by atoms with van der Waals surface area (Å²) in [6.07, 6.45) is 0. The number of hydrogen-bond acceptors (Lipinski definition) is 2. The Morgan fingerprint density at radius 3 is 2.57 bits per heavy atom. The van der Waals surface area contributed by atoms with Crippen LogP contribution in [0.25, 0.3) is 0 Å². The molecule has 0 bridgehead atoms. The van der Waals surface area contributed by atoms with Gasteiger partial charge in [-0.2, -0.15) is 0 Å². The average Bonchev–Trinajstić information content (AvgIpc) is 2.50. The Labute approximate surface area is 129 Å². The summed E-state index contributed by atoms with van der Waals surface area (Å²) in [5.41, 5.74) is 3.24. The number of halogens is 2. The maximum absolute atomic E-state index is 13.4. The van der Waals surface area contributed by atoms with Gasteiger partial charge in [0.15, 0.2) is 0 Å². The molecule has 2 aromatic carbocycles. The Morgan fingerprint density at radius 2 is 1.86 bits per heavy atom. The number of ether oxygens (including phenoxy) is 1. The van der Waals surface area contributed by atoms with Gasteiger partial charge in [0.1, 0.15) is 5.82 Å². The molecule has 0 radical (unpaired) electrons. The van der Waals surface area contributed by atoms with Crippen LogP contribution in [0.15, 0.2) is 42.5 Å². The van der Waals surface area contributed by atoms with Gasteiger partial charge in [0, 0.05) is 19.7 Å². The monoisotopic (exact) mass is 307 g/mol. The molecular weight excluding hydrogens is 289 g/mol. The van der Waals surface area contributed by atoms with Crippen molar-refractivity contribution in [3.05, 3.63) is 70.0 Å². The molecule has 0 aliphatic carbocycles. The topological polar surface area (TPSA) is 21.3 Å². The molecule has 0 fully saturated rings. The molecule has 112 valence electrons. The number of rotatable bonds is 7. The van der Waals surface area contributed by atoms with Crippen molar-refractivity contribution in [1.82, 2.24) is 5.32 Å². The van der Waals surface area contributed by atoms with Crippen molar-refractivity contribution in [3.8, 4) is 0 Å². The van der Waals surface area contributed by atoms with Crippen LogP contribution >= 0.6 is 11.6 Å². The molecule has 0 saturated heterocycles. The van der Waals surface area contributed by atoms with Crippen LogP contribution < -0.4 is 5.32 Å². The van der Waals surface area contributed by atoms with Gasteiger partial charge in [-0.1, -0.05) is 41.9 Å². The molecule has 0 aliphatic rings. The summed E-state index contributed by atoms with van der Waals surface area (Å²) < 4.78 is 18.8. The minimum absolute atomic E-state index is 0.154. The first-order valence-corrected chi connectivity index (χ1v) is 7.37. The van der Waals surface area contributed by atoms with Gasteiger partial charge >= 0.3 is 0 Å². The van der Waals surface area contributed by atoms with E-state index in [0.29, 0.717) is 26.3 Å². The molecule has 0 heterocycles. The van der Waals surface area contributed by atoms with Gasteiger partial charge in [-0.3, -0.25) is 0 Å². The molecule has 21 heavy (non-hydrogen) atoms. The first-order valence-electron chi connectivity index (χ1n) is 7.00. The quantitative estimate of drug-likeness (QED) is 0.823. The van der Waals surface area contributed by atoms with Crippen LogP contribution in [0.4, 0.5) is 4.39 Å². The lowest BCUT2D eigenvalue weighted by Crippen LogP contribution is -2.14. The predicted molar refractivity (Wildman–Crippen MR) is 83.7 cm³/mol. The Balaban J connectivity index is 1.92. The zero-order valence-electron chi connectivity index (χ0n) is 12.0. The third kappa shape index (κ3) is 4.81. The van der Waals surface area contributed by atoms with Crippen molar-refractivity contribution >= 4 is 11.6 Å². The van der Waals surface area contributed by atoms with Gasteiger partial charge in [0.05, 0.1) is 11.6 Å². The van der Waals surface area contributed by atoms with E-state index in [1.165, 1.54) is 17.2 Å². The van der Waals surface area contributed by atoms with Crippen molar-refractivity contribution < 1.29 is 9.13 Å². The van der Waals surface area contributed by atoms with Gasteiger partial charge in [0.2, 0.25) is 0 Å². The first-order chi connectivity index (χ1) is 10.2. The fraction of sp³-hybridized carbons (Fsp3) is 0.294. The summed E-state index contributed by atoms with van der Waals surface area (Å²) in [5, 5.41) is 3.47. The Hall–Kier alpha value is -1.42. The smallest absolute Gasteiger partial charge is 0.142 e. The fourth-order valence-electron chi connectivity index (χ4n) is 2.07. The van der Waals surface area contributed by atoms with Crippen molar-refractivity contribution in [2.45, 2.75) is 26.6 Å². The van der Waals surface area contributed by atoms with Crippen molar-refractivity contribution in [1.29, 1.82) is 0 Å². The zero-order chi connectivity index (χ0) is 15.1. The van der Waals surface area contributed by atoms with Crippen LogP contribution in [0.3, 0.4) is 0 Å². The van der Waals surface area contributed by atoms with Crippen LogP contribution in [0.2, 0.25) is 5.02 Å². The molecule has 4 heteroatoms. The summed E-state index contributed by atoms with van der Waals surface area (Å²) in [6.45, 7) is 4.61. The number of benzene rings is 2. The third-order valence-electron chi connectivity index (χ3n) is 3.21. The molecule has 0 unspecified atom stereocenters. The molecule has 2 aromatic rings. The largest absolute Gasteiger partial charge is 0.377 e. The van der Waals surface area contributed by atoms with E-state index in [2.05, 4.69) is 17.4 Å². The minimum Gasteiger partial charge on any atom is -0.377 e. The Kier molecular flexibility index (Phi) is 6.18. The van der Waals surface area contributed by atoms with Crippen molar-refractivity contribution in [3.63, 3.8) is 0 Å². The molecule has 0 saturated carbocycles. The lowest BCUT2D eigenvalue weighted by molar-refractivity contribution is 0.133. The van der Waals surface area contributed by atoms with Gasteiger partial charge in [-0.15, -0.1) is 0 Å². The van der Waals surface area contributed by atoms with E-state index in [4.69, 9.17) is 16.3 Å². The standard InChI is InChI=1S/C17H19ClFNO/c1-2-21-12-15-6-4-3-5-14(15)11-20-10-13-7-8-16(18)17(19)9-13/h3-9,20H,2,10-12H2,1H3. The SMILES string of the molecule is CCOCc1ccccc1CNCc1ccc(Cl)c(F)c1. The predicted octanol–water partition coefficient (Wildman–Crippen LogP) is 4.31. The third-order valence-corrected chi connectivity index (χ3v) is 3.52. The Morgan fingerprint density at radius 1 is 1.10 bits per heavy atom. The highest BCUT2D eigenvalue weighted by Crippen LogP contribution is 2.16. The van der Waals surface area contributed by atoms with Crippen LogP contribution in [-0.2, 0) is 24.4 Å². The van der Waals surface area contributed by atoms with E-state index >= 15 is 0 Å². The highest BCUT2D eigenvalue weighted by Gasteiger charge is 2.03. The summed E-state index contributed by atoms with van der Waals surface area (Å²) in [6, 6.07) is 13.0. The van der Waals surface area contributed by atoms with E-state index in [0.717, 1.165) is 5.56 Å². The summed E-state index contributed by atoms with van der Waals surface area (Å²) in [4.78, 5) is 0. The molecule has 0 aliphatic heterocycles. The van der Waals surface area contributed by atoms with Gasteiger partial charge in [-0.25, -0.2) is 4.39 Å². The van der Waals surface area contributed by atoms with Gasteiger partial charge in [-0.05, 0) is 35.7 Å². The lowest BCUT2D eigenvalue weighted by Gasteiger charge is -2.11. The minimum atomic E-state index is -0.382. The van der Waals surface area contributed by atoms with Crippen molar-refractivity contribution in [2.24, 2.45) is 0 Å². The lowest BCUT2D eigenvalue weighted by atomic mass is 10.1. The molecule has 1 N–H and O–H groups in total. The maximum Gasteiger partial charge on any atom is 0.142 e. The zero-order valence-corrected chi connectivity index (χ0v) is 12.8. The summed E-state index contributed by atoms with van der Waals surface area (Å²) in [5.74, 6) is -0.382. The number of nitrogens with one attached hydrogen (secondary N) is 1. The Bertz CT molecular complexity index is 589. The first kappa shape index (κ1) is 16.0. The second kappa shape index (κ2) is 8.13. The molecule has 0 aromatic heterocycles.